The largest absolute Gasteiger partial charge is 0.295 e. The minimum absolute atomic E-state index is 0.0423. The third-order valence-electron chi connectivity index (χ3n) is 1.52. The van der Waals surface area contributed by atoms with Crippen molar-refractivity contribution in [3.63, 3.8) is 0 Å². The van der Waals surface area contributed by atoms with Crippen molar-refractivity contribution in [1.29, 1.82) is 0 Å². The highest BCUT2D eigenvalue weighted by molar-refractivity contribution is 9.10. The lowest BCUT2D eigenvalue weighted by Crippen LogP contribution is -1.88. The van der Waals surface area contributed by atoms with E-state index in [2.05, 4.69) is 15.9 Å². The van der Waals surface area contributed by atoms with Gasteiger partial charge in [0.25, 0.3) is 0 Å². The molecule has 0 heterocycles. The zero-order chi connectivity index (χ0) is 10.7. The normalized spacial score (nSPS) is 10.9. The number of carbonyl (C=O) groups is 1. The first kappa shape index (κ1) is 11.0. The van der Waals surface area contributed by atoms with Gasteiger partial charge in [-0.25, -0.2) is 8.78 Å². The van der Waals surface area contributed by atoms with Crippen LogP contribution in [0.1, 0.15) is 12.5 Å². The predicted octanol–water partition coefficient (Wildman–Crippen LogP) is 3.33. The molecule has 0 saturated heterocycles. The summed E-state index contributed by atoms with van der Waals surface area (Å²) in [6, 6.07) is 2.06. The van der Waals surface area contributed by atoms with Gasteiger partial charge < -0.3 is 0 Å². The van der Waals surface area contributed by atoms with Gasteiger partial charge in [0.05, 0.1) is 4.47 Å². The molecule has 0 N–H and O–H groups in total. The van der Waals surface area contributed by atoms with Gasteiger partial charge in [-0.1, -0.05) is 0 Å². The molecule has 74 valence electrons. The zero-order valence-corrected chi connectivity index (χ0v) is 8.94. The quantitative estimate of drug-likeness (QED) is 0.589. The summed E-state index contributed by atoms with van der Waals surface area (Å²) in [6.07, 6.45) is 2.43. The molecule has 4 heteroatoms. The molecule has 14 heavy (non-hydrogen) atoms. The predicted molar refractivity (Wildman–Crippen MR) is 53.8 cm³/mol. The van der Waals surface area contributed by atoms with Crippen LogP contribution in [0, 0.1) is 11.6 Å². The summed E-state index contributed by atoms with van der Waals surface area (Å²) in [6.45, 7) is 1.34. The SMILES string of the molecule is CC(=O)/C=C/c1cc(F)cc(Br)c1F. The molecule has 1 rings (SSSR count). The Morgan fingerprint density at radius 2 is 2.07 bits per heavy atom. The summed E-state index contributed by atoms with van der Waals surface area (Å²) in [5.41, 5.74) is 0.0482. The molecule has 0 bridgehead atoms. The fraction of sp³-hybridized carbons (Fsp3) is 0.100. The third-order valence-corrected chi connectivity index (χ3v) is 2.10. The fourth-order valence-corrected chi connectivity index (χ4v) is 1.35. The molecular formula is C10H7BrF2O. The van der Waals surface area contributed by atoms with Crippen LogP contribution < -0.4 is 0 Å². The molecule has 0 aromatic heterocycles. The Bertz CT molecular complexity index is 399. The van der Waals surface area contributed by atoms with E-state index in [9.17, 15) is 13.6 Å². The summed E-state index contributed by atoms with van der Waals surface area (Å²) in [5.74, 6) is -1.35. The van der Waals surface area contributed by atoms with Gasteiger partial charge in [-0.05, 0) is 47.1 Å². The van der Waals surface area contributed by atoms with E-state index in [0.717, 1.165) is 12.1 Å². The molecule has 1 aromatic rings. The fourth-order valence-electron chi connectivity index (χ4n) is 0.904. The van der Waals surface area contributed by atoms with E-state index in [1.165, 1.54) is 19.1 Å². The van der Waals surface area contributed by atoms with Crippen molar-refractivity contribution in [2.75, 3.05) is 0 Å². The molecule has 0 spiro atoms. The first-order valence-electron chi connectivity index (χ1n) is 3.84. The van der Waals surface area contributed by atoms with E-state index in [1.54, 1.807) is 0 Å². The number of halogens is 3. The second-order valence-electron chi connectivity index (χ2n) is 2.73. The first-order chi connectivity index (χ1) is 6.50. The van der Waals surface area contributed by atoms with Gasteiger partial charge in [0.15, 0.2) is 5.78 Å². The van der Waals surface area contributed by atoms with Crippen LogP contribution >= 0.6 is 15.9 Å². The molecule has 1 aromatic carbocycles. The molecule has 1 nitrogen and oxygen atoms in total. The number of ketones is 1. The highest BCUT2D eigenvalue weighted by Crippen LogP contribution is 2.21. The summed E-state index contributed by atoms with van der Waals surface area (Å²) in [5, 5.41) is 0. The average molecular weight is 261 g/mol. The first-order valence-corrected chi connectivity index (χ1v) is 4.63. The van der Waals surface area contributed by atoms with Crippen molar-refractivity contribution in [2.45, 2.75) is 6.92 Å². The second kappa shape index (κ2) is 4.46. The van der Waals surface area contributed by atoms with Crippen LogP contribution in [0.3, 0.4) is 0 Å². The average Bonchev–Trinajstić information content (AvgIpc) is 2.08. The van der Waals surface area contributed by atoms with Gasteiger partial charge in [0.2, 0.25) is 0 Å². The second-order valence-corrected chi connectivity index (χ2v) is 3.59. The Hall–Kier alpha value is -1.03. The Balaban J connectivity index is 3.14. The van der Waals surface area contributed by atoms with E-state index in [4.69, 9.17) is 0 Å². The summed E-state index contributed by atoms with van der Waals surface area (Å²) < 4.78 is 26.1. The van der Waals surface area contributed by atoms with Crippen molar-refractivity contribution < 1.29 is 13.6 Å². The number of benzene rings is 1. The van der Waals surface area contributed by atoms with Crippen LogP contribution in [0.15, 0.2) is 22.7 Å². The van der Waals surface area contributed by atoms with Gasteiger partial charge in [0, 0.05) is 5.56 Å². The van der Waals surface area contributed by atoms with Gasteiger partial charge in [-0.3, -0.25) is 4.79 Å². The van der Waals surface area contributed by atoms with Gasteiger partial charge in [-0.2, -0.15) is 0 Å². The van der Waals surface area contributed by atoms with Crippen LogP contribution in [0.4, 0.5) is 8.78 Å². The third kappa shape index (κ3) is 2.73. The number of allylic oxidation sites excluding steroid dienone is 1. The number of rotatable bonds is 2. The monoisotopic (exact) mass is 260 g/mol. The smallest absolute Gasteiger partial charge is 0.152 e. The topological polar surface area (TPSA) is 17.1 Å². The number of hydrogen-bond donors (Lipinski definition) is 0. The molecule has 0 unspecified atom stereocenters. The Morgan fingerprint density at radius 1 is 1.43 bits per heavy atom. The molecule has 0 aliphatic carbocycles. The lowest BCUT2D eigenvalue weighted by atomic mass is 10.2. The molecule has 0 atom stereocenters. The van der Waals surface area contributed by atoms with Crippen molar-refractivity contribution in [3.05, 3.63) is 39.9 Å². The molecule has 0 radical (unpaired) electrons. The van der Waals surface area contributed by atoms with Gasteiger partial charge in [-0.15, -0.1) is 0 Å². The van der Waals surface area contributed by atoms with E-state index >= 15 is 0 Å². The van der Waals surface area contributed by atoms with E-state index in [1.807, 2.05) is 0 Å². The highest BCUT2D eigenvalue weighted by atomic mass is 79.9. The van der Waals surface area contributed by atoms with E-state index in [0.29, 0.717) is 0 Å². The van der Waals surface area contributed by atoms with E-state index < -0.39 is 11.6 Å². The van der Waals surface area contributed by atoms with Crippen LogP contribution in [0.5, 0.6) is 0 Å². The van der Waals surface area contributed by atoms with Gasteiger partial charge in [0.1, 0.15) is 11.6 Å². The van der Waals surface area contributed by atoms with Gasteiger partial charge >= 0.3 is 0 Å². The number of hydrogen-bond acceptors (Lipinski definition) is 1. The maximum atomic E-state index is 13.3. The minimum atomic E-state index is -0.580. The summed E-state index contributed by atoms with van der Waals surface area (Å²) >= 11 is 2.87. The lowest BCUT2D eigenvalue weighted by Gasteiger charge is -1.99. The molecule has 0 amide bonds. The molecule has 0 aliphatic heterocycles. The molecule has 0 saturated carbocycles. The lowest BCUT2D eigenvalue weighted by molar-refractivity contribution is -0.112. The van der Waals surface area contributed by atoms with Crippen LogP contribution in [-0.4, -0.2) is 5.78 Å². The zero-order valence-electron chi connectivity index (χ0n) is 7.35. The van der Waals surface area contributed by atoms with E-state index in [-0.39, 0.29) is 15.8 Å². The van der Waals surface area contributed by atoms with Crippen LogP contribution in [-0.2, 0) is 4.79 Å². The van der Waals surface area contributed by atoms with Crippen molar-refractivity contribution >= 4 is 27.8 Å². The Labute approximate surface area is 88.6 Å². The van der Waals surface area contributed by atoms with Crippen LogP contribution in [0.25, 0.3) is 6.08 Å². The summed E-state index contributed by atoms with van der Waals surface area (Å²) in [7, 11) is 0. The maximum Gasteiger partial charge on any atom is 0.152 e. The molecule has 0 fully saturated rings. The van der Waals surface area contributed by atoms with Crippen molar-refractivity contribution in [2.24, 2.45) is 0 Å². The standard InChI is InChI=1S/C10H7BrF2O/c1-6(14)2-3-7-4-8(12)5-9(11)10(7)13/h2-5H,1H3/b3-2+. The Morgan fingerprint density at radius 3 is 2.64 bits per heavy atom. The molecule has 0 aliphatic rings. The maximum absolute atomic E-state index is 13.3. The number of carbonyl (C=O) groups excluding carboxylic acids is 1. The summed E-state index contributed by atoms with van der Waals surface area (Å²) in [4.78, 5) is 10.6. The van der Waals surface area contributed by atoms with Crippen molar-refractivity contribution in [1.82, 2.24) is 0 Å². The Kier molecular flexibility index (Phi) is 3.52. The highest BCUT2D eigenvalue weighted by Gasteiger charge is 2.06. The van der Waals surface area contributed by atoms with Crippen molar-refractivity contribution in [3.8, 4) is 0 Å². The van der Waals surface area contributed by atoms with Crippen LogP contribution in [0.2, 0.25) is 0 Å². The minimum Gasteiger partial charge on any atom is -0.295 e. The molecular weight excluding hydrogens is 254 g/mol.